The minimum absolute atomic E-state index is 0.0874. The van der Waals surface area contributed by atoms with Crippen molar-refractivity contribution in [1.29, 1.82) is 0 Å². The summed E-state index contributed by atoms with van der Waals surface area (Å²) in [6.07, 6.45) is 0.117. The summed E-state index contributed by atoms with van der Waals surface area (Å²) in [7, 11) is 0. The average molecular weight is 376 g/mol. The number of ether oxygens (including phenoxy) is 1. The van der Waals surface area contributed by atoms with Crippen molar-refractivity contribution in [2.75, 3.05) is 0 Å². The molecule has 1 amide bonds. The quantitative estimate of drug-likeness (QED) is 0.608. The Morgan fingerprint density at radius 2 is 1.64 bits per heavy atom. The molecule has 0 aliphatic carbocycles. The maximum absolute atomic E-state index is 12.6. The lowest BCUT2D eigenvalue weighted by atomic mass is 9.87. The summed E-state index contributed by atoms with van der Waals surface area (Å²) >= 11 is 0. The van der Waals surface area contributed by atoms with Crippen LogP contribution in [0, 0.1) is 0 Å². The minimum atomic E-state index is -0.499. The predicted molar refractivity (Wildman–Crippen MR) is 116 cm³/mol. The molecule has 0 aromatic heterocycles. The highest BCUT2D eigenvalue weighted by Gasteiger charge is 2.19. The van der Waals surface area contributed by atoms with E-state index in [1.165, 1.54) is 16.3 Å². The topological polar surface area (TPSA) is 38.3 Å². The van der Waals surface area contributed by atoms with Crippen LogP contribution in [0.5, 0.6) is 5.75 Å². The second-order valence-electron chi connectivity index (χ2n) is 8.19. The van der Waals surface area contributed by atoms with Crippen LogP contribution in [0.25, 0.3) is 10.8 Å². The molecule has 1 N–H and O–H groups in total. The molecule has 1 unspecified atom stereocenters. The number of carbonyl (C=O) groups is 1. The van der Waals surface area contributed by atoms with Crippen LogP contribution in [0.2, 0.25) is 0 Å². The summed E-state index contributed by atoms with van der Waals surface area (Å²) in [5.41, 5.74) is 2.42. The monoisotopic (exact) mass is 375 g/mol. The van der Waals surface area contributed by atoms with Gasteiger partial charge in [0, 0.05) is 6.54 Å². The number of hydrogen-bond donors (Lipinski definition) is 1. The maximum atomic E-state index is 12.6. The van der Waals surface area contributed by atoms with Gasteiger partial charge in [-0.05, 0) is 51.9 Å². The lowest BCUT2D eigenvalue weighted by Gasteiger charge is -2.21. The number of amides is 1. The van der Waals surface area contributed by atoms with Gasteiger partial charge in [-0.15, -0.1) is 0 Å². The second kappa shape index (κ2) is 8.47. The summed E-state index contributed by atoms with van der Waals surface area (Å²) in [6.45, 7) is 8.99. The molecule has 0 saturated carbocycles. The number of nitrogens with one attached hydrogen (secondary N) is 1. The van der Waals surface area contributed by atoms with Crippen LogP contribution in [-0.4, -0.2) is 12.0 Å². The van der Waals surface area contributed by atoms with E-state index in [0.29, 0.717) is 13.0 Å². The van der Waals surface area contributed by atoms with E-state index >= 15 is 0 Å². The van der Waals surface area contributed by atoms with Gasteiger partial charge in [-0.25, -0.2) is 0 Å². The number of fused-ring (bicyclic) bond motifs is 1. The first-order valence-electron chi connectivity index (χ1n) is 9.89. The van der Waals surface area contributed by atoms with Gasteiger partial charge >= 0.3 is 0 Å². The summed E-state index contributed by atoms with van der Waals surface area (Å²) in [5, 5.41) is 5.38. The summed E-state index contributed by atoms with van der Waals surface area (Å²) in [4.78, 5) is 12.6. The molecule has 0 aliphatic rings. The van der Waals surface area contributed by atoms with Crippen LogP contribution in [0.1, 0.15) is 45.2 Å². The molecule has 3 rings (SSSR count). The molecule has 0 bridgehead atoms. The fourth-order valence-electron chi connectivity index (χ4n) is 3.17. The Morgan fingerprint density at radius 3 is 2.29 bits per heavy atom. The average Bonchev–Trinajstić information content (AvgIpc) is 2.69. The van der Waals surface area contributed by atoms with Gasteiger partial charge in [0.2, 0.25) is 0 Å². The zero-order valence-corrected chi connectivity index (χ0v) is 17.2. The molecule has 146 valence electrons. The molecule has 0 heterocycles. The van der Waals surface area contributed by atoms with Crippen molar-refractivity contribution in [3.63, 3.8) is 0 Å². The van der Waals surface area contributed by atoms with Crippen LogP contribution in [-0.2, 0) is 16.8 Å². The lowest BCUT2D eigenvalue weighted by Crippen LogP contribution is -2.37. The highest BCUT2D eigenvalue weighted by molar-refractivity contribution is 5.83. The van der Waals surface area contributed by atoms with Crippen LogP contribution in [0.15, 0.2) is 66.7 Å². The fraction of sp³-hybridized carbons (Fsp3) is 0.320. The second-order valence-corrected chi connectivity index (χ2v) is 8.19. The third kappa shape index (κ3) is 4.92. The number of carbonyl (C=O) groups excluding carboxylic acids is 1. The Labute approximate surface area is 167 Å². The first-order valence-corrected chi connectivity index (χ1v) is 9.89. The highest BCUT2D eigenvalue weighted by atomic mass is 16.5. The van der Waals surface area contributed by atoms with Gasteiger partial charge in [0.25, 0.3) is 5.91 Å². The van der Waals surface area contributed by atoms with Gasteiger partial charge < -0.3 is 10.1 Å². The standard InChI is InChI=1S/C25H29NO2/c1-5-23(28-22-14-12-21(13-15-22)25(2,3)4)24(27)26-17-18-10-11-19-8-6-7-9-20(19)16-18/h6-16,23H,5,17H2,1-4H3,(H,26,27). The molecule has 0 radical (unpaired) electrons. The zero-order chi connectivity index (χ0) is 20.1. The third-order valence-corrected chi connectivity index (χ3v) is 4.94. The largest absolute Gasteiger partial charge is 0.481 e. The van der Waals surface area contributed by atoms with E-state index < -0.39 is 6.10 Å². The van der Waals surface area contributed by atoms with Crippen molar-refractivity contribution in [3.05, 3.63) is 77.9 Å². The third-order valence-electron chi connectivity index (χ3n) is 4.94. The van der Waals surface area contributed by atoms with Crippen molar-refractivity contribution < 1.29 is 9.53 Å². The van der Waals surface area contributed by atoms with Crippen LogP contribution in [0.3, 0.4) is 0 Å². The molecule has 1 atom stereocenters. The summed E-state index contributed by atoms with van der Waals surface area (Å²) in [6, 6.07) is 22.5. The normalized spacial score (nSPS) is 12.6. The van der Waals surface area contributed by atoms with Gasteiger partial charge in [-0.2, -0.15) is 0 Å². The SMILES string of the molecule is CCC(Oc1ccc(C(C)(C)C)cc1)C(=O)NCc1ccc2ccccc2c1. The predicted octanol–water partition coefficient (Wildman–Crippen LogP) is 5.61. The summed E-state index contributed by atoms with van der Waals surface area (Å²) < 4.78 is 5.94. The summed E-state index contributed by atoms with van der Waals surface area (Å²) in [5.74, 6) is 0.635. The van der Waals surface area contributed by atoms with E-state index in [1.54, 1.807) is 0 Å². The molecule has 3 heteroatoms. The first kappa shape index (κ1) is 19.9. The molecule has 28 heavy (non-hydrogen) atoms. The van der Waals surface area contributed by atoms with Gasteiger partial charge in [0.15, 0.2) is 6.10 Å². The molecule has 0 saturated heterocycles. The fourth-order valence-corrected chi connectivity index (χ4v) is 3.17. The molecule has 3 aromatic rings. The smallest absolute Gasteiger partial charge is 0.261 e. The Bertz CT molecular complexity index is 939. The minimum Gasteiger partial charge on any atom is -0.481 e. The van der Waals surface area contributed by atoms with Gasteiger partial charge in [0.1, 0.15) is 5.75 Å². The van der Waals surface area contributed by atoms with E-state index in [4.69, 9.17) is 4.74 Å². The highest BCUT2D eigenvalue weighted by Crippen LogP contribution is 2.25. The van der Waals surface area contributed by atoms with Crippen molar-refractivity contribution in [2.24, 2.45) is 0 Å². The number of rotatable bonds is 6. The van der Waals surface area contributed by atoms with Gasteiger partial charge in [0.05, 0.1) is 0 Å². The number of benzene rings is 3. The molecular formula is C25H29NO2. The van der Waals surface area contributed by atoms with Crippen molar-refractivity contribution >= 4 is 16.7 Å². The molecule has 0 fully saturated rings. The Kier molecular flexibility index (Phi) is 6.03. The lowest BCUT2D eigenvalue weighted by molar-refractivity contribution is -0.128. The van der Waals surface area contributed by atoms with Gasteiger partial charge in [-0.3, -0.25) is 4.79 Å². The van der Waals surface area contributed by atoms with Crippen LogP contribution in [0.4, 0.5) is 0 Å². The van der Waals surface area contributed by atoms with Crippen molar-refractivity contribution in [2.45, 2.75) is 52.2 Å². The van der Waals surface area contributed by atoms with Crippen molar-refractivity contribution in [3.8, 4) is 5.75 Å². The molecule has 3 nitrogen and oxygen atoms in total. The Hall–Kier alpha value is -2.81. The van der Waals surface area contributed by atoms with E-state index in [-0.39, 0.29) is 11.3 Å². The van der Waals surface area contributed by atoms with E-state index in [0.717, 1.165) is 11.3 Å². The molecule has 0 aliphatic heterocycles. The molecule has 3 aromatic carbocycles. The zero-order valence-electron chi connectivity index (χ0n) is 17.2. The molecular weight excluding hydrogens is 346 g/mol. The van der Waals surface area contributed by atoms with E-state index in [1.807, 2.05) is 31.2 Å². The van der Waals surface area contributed by atoms with Crippen LogP contribution >= 0.6 is 0 Å². The van der Waals surface area contributed by atoms with E-state index in [2.05, 4.69) is 68.6 Å². The first-order chi connectivity index (χ1) is 13.4. The maximum Gasteiger partial charge on any atom is 0.261 e. The number of hydrogen-bond acceptors (Lipinski definition) is 2. The Balaban J connectivity index is 1.61. The van der Waals surface area contributed by atoms with E-state index in [9.17, 15) is 4.79 Å². The van der Waals surface area contributed by atoms with Crippen molar-refractivity contribution in [1.82, 2.24) is 5.32 Å². The Morgan fingerprint density at radius 1 is 0.964 bits per heavy atom. The van der Waals surface area contributed by atoms with Gasteiger partial charge in [-0.1, -0.05) is 76.2 Å². The van der Waals surface area contributed by atoms with Crippen LogP contribution < -0.4 is 10.1 Å². The molecule has 0 spiro atoms.